The number of carboxylic acid groups (broad SMARTS) is 2. The summed E-state index contributed by atoms with van der Waals surface area (Å²) in [7, 11) is 0. The second kappa shape index (κ2) is 11.9. The lowest BCUT2D eigenvalue weighted by molar-refractivity contribution is -0.907. The third-order valence-electron chi connectivity index (χ3n) is 3.68. The molecule has 0 spiro atoms. The number of thioether (sulfide) groups is 1. The second-order valence-electron chi connectivity index (χ2n) is 6.45. The SMILES string of the molecule is CC(C)C[NH+]1CCC(Sc2cccc(Cl)n2)CC1.O=C([O-])/C=C/C(=O)O. The number of pyridine rings is 1. The average molecular weight is 401 g/mol. The number of halogens is 1. The molecule has 0 radical (unpaired) electrons. The van der Waals surface area contributed by atoms with Crippen LogP contribution in [-0.4, -0.2) is 46.9 Å². The van der Waals surface area contributed by atoms with E-state index in [-0.39, 0.29) is 0 Å². The number of quaternary nitrogens is 1. The predicted octanol–water partition coefficient (Wildman–Crippen LogP) is 0.908. The van der Waals surface area contributed by atoms with Crippen LogP contribution in [0.3, 0.4) is 0 Å². The molecule has 0 aromatic carbocycles. The van der Waals surface area contributed by atoms with Crippen LogP contribution >= 0.6 is 23.4 Å². The van der Waals surface area contributed by atoms with Crippen LogP contribution in [0.15, 0.2) is 35.4 Å². The molecule has 1 aromatic heterocycles. The lowest BCUT2D eigenvalue weighted by Crippen LogP contribution is -3.13. The molecule has 1 fully saturated rings. The van der Waals surface area contributed by atoms with Crippen LogP contribution in [0, 0.1) is 5.92 Å². The first-order valence-electron chi connectivity index (χ1n) is 8.51. The summed E-state index contributed by atoms with van der Waals surface area (Å²) in [6.07, 6.45) is 3.53. The standard InChI is InChI=1S/C14H21ClN2S.C4H4O4/c1-11(2)10-17-8-6-12(7-9-17)18-14-5-3-4-13(15)16-14;5-3(6)1-2-4(7)8/h3-5,11-12H,6-10H2,1-2H3;1-2H,(H,5,6)(H,7,8)/b;2-1+. The van der Waals surface area contributed by atoms with Crippen molar-refractivity contribution in [1.82, 2.24) is 4.98 Å². The lowest BCUT2D eigenvalue weighted by Gasteiger charge is -2.29. The number of likely N-dealkylation sites (tertiary alicyclic amines) is 1. The maximum Gasteiger partial charge on any atom is 0.328 e. The summed E-state index contributed by atoms with van der Waals surface area (Å²) in [6, 6.07) is 5.88. The van der Waals surface area contributed by atoms with Crippen LogP contribution in [0.1, 0.15) is 26.7 Å². The predicted molar refractivity (Wildman–Crippen MR) is 100 cm³/mol. The van der Waals surface area contributed by atoms with Crippen molar-refractivity contribution in [3.8, 4) is 0 Å². The Labute approximate surface area is 163 Å². The highest BCUT2D eigenvalue weighted by molar-refractivity contribution is 7.99. The van der Waals surface area contributed by atoms with Crippen LogP contribution in [-0.2, 0) is 9.59 Å². The second-order valence-corrected chi connectivity index (χ2v) is 8.16. The van der Waals surface area contributed by atoms with Gasteiger partial charge in [0, 0.05) is 30.1 Å². The third-order valence-corrected chi connectivity index (χ3v) is 5.16. The Balaban J connectivity index is 0.000000359. The van der Waals surface area contributed by atoms with E-state index in [4.69, 9.17) is 16.7 Å². The van der Waals surface area contributed by atoms with Gasteiger partial charge in [0.15, 0.2) is 0 Å². The molecule has 1 saturated heterocycles. The Bertz CT molecular complexity index is 601. The molecule has 2 heterocycles. The Kier molecular flexibility index (Phi) is 10.3. The molecule has 2 rings (SSSR count). The van der Waals surface area contributed by atoms with Crippen molar-refractivity contribution in [3.63, 3.8) is 0 Å². The van der Waals surface area contributed by atoms with Gasteiger partial charge >= 0.3 is 5.97 Å². The Morgan fingerprint density at radius 2 is 2.04 bits per heavy atom. The summed E-state index contributed by atoms with van der Waals surface area (Å²) in [5.74, 6) is -2.00. The number of carbonyl (C=O) groups excluding carboxylic acids is 1. The Morgan fingerprint density at radius 3 is 2.50 bits per heavy atom. The van der Waals surface area contributed by atoms with Gasteiger partial charge in [0.2, 0.25) is 0 Å². The molecule has 0 unspecified atom stereocenters. The molecule has 1 aliphatic heterocycles. The summed E-state index contributed by atoms with van der Waals surface area (Å²) < 4.78 is 0. The summed E-state index contributed by atoms with van der Waals surface area (Å²) >= 11 is 7.81. The van der Waals surface area contributed by atoms with Crippen molar-refractivity contribution in [1.29, 1.82) is 0 Å². The summed E-state index contributed by atoms with van der Waals surface area (Å²) in [4.78, 5) is 25.1. The van der Waals surface area contributed by atoms with Gasteiger partial charge in [0.25, 0.3) is 0 Å². The fraction of sp³-hybridized carbons (Fsp3) is 0.500. The monoisotopic (exact) mass is 400 g/mol. The zero-order valence-electron chi connectivity index (χ0n) is 15.0. The highest BCUT2D eigenvalue weighted by Gasteiger charge is 2.23. The van der Waals surface area contributed by atoms with E-state index >= 15 is 0 Å². The number of aliphatic carboxylic acids is 2. The Hall–Kier alpha value is -1.57. The summed E-state index contributed by atoms with van der Waals surface area (Å²) in [5.41, 5.74) is 0. The van der Waals surface area contributed by atoms with E-state index in [9.17, 15) is 14.7 Å². The number of rotatable bonds is 6. The summed E-state index contributed by atoms with van der Waals surface area (Å²) in [5, 5.41) is 19.6. The maximum absolute atomic E-state index is 9.53. The molecular weight excluding hydrogens is 376 g/mol. The minimum atomic E-state index is -1.51. The molecule has 2 N–H and O–H groups in total. The molecule has 0 atom stereocenters. The number of carbonyl (C=O) groups is 2. The van der Waals surface area contributed by atoms with E-state index < -0.39 is 11.9 Å². The first-order valence-corrected chi connectivity index (χ1v) is 9.76. The van der Waals surface area contributed by atoms with Crippen molar-refractivity contribution in [2.75, 3.05) is 19.6 Å². The first-order chi connectivity index (χ1) is 12.3. The fourth-order valence-corrected chi connectivity index (χ4v) is 4.00. The minimum absolute atomic E-state index is 0.447. The zero-order chi connectivity index (χ0) is 19.5. The molecule has 8 heteroatoms. The molecule has 0 saturated carbocycles. The molecule has 6 nitrogen and oxygen atoms in total. The number of nitrogens with one attached hydrogen (secondary N) is 1. The van der Waals surface area contributed by atoms with Crippen LogP contribution in [0.4, 0.5) is 0 Å². The third kappa shape index (κ3) is 10.4. The number of carboxylic acids is 2. The van der Waals surface area contributed by atoms with E-state index in [1.165, 1.54) is 32.5 Å². The molecule has 0 aliphatic carbocycles. The minimum Gasteiger partial charge on any atom is -0.545 e. The van der Waals surface area contributed by atoms with E-state index in [2.05, 4.69) is 24.9 Å². The fourth-order valence-electron chi connectivity index (χ4n) is 2.66. The molecule has 1 aromatic rings. The van der Waals surface area contributed by atoms with E-state index in [1.807, 2.05) is 23.9 Å². The molecule has 144 valence electrons. The van der Waals surface area contributed by atoms with Crippen LogP contribution in [0.2, 0.25) is 5.15 Å². The number of nitrogens with zero attached hydrogens (tertiary/aromatic N) is 1. The van der Waals surface area contributed by atoms with Crippen LogP contribution < -0.4 is 10.0 Å². The van der Waals surface area contributed by atoms with Gasteiger partial charge in [-0.15, -0.1) is 11.8 Å². The van der Waals surface area contributed by atoms with E-state index in [1.54, 1.807) is 4.90 Å². The van der Waals surface area contributed by atoms with Crippen molar-refractivity contribution in [2.45, 2.75) is 37.0 Å². The smallest absolute Gasteiger partial charge is 0.328 e. The van der Waals surface area contributed by atoms with Gasteiger partial charge in [0.05, 0.1) is 30.6 Å². The highest BCUT2D eigenvalue weighted by atomic mass is 35.5. The number of aromatic nitrogens is 1. The van der Waals surface area contributed by atoms with E-state index in [0.717, 1.165) is 10.9 Å². The maximum atomic E-state index is 9.53. The molecule has 26 heavy (non-hydrogen) atoms. The zero-order valence-corrected chi connectivity index (χ0v) is 16.6. The van der Waals surface area contributed by atoms with E-state index in [0.29, 0.717) is 22.6 Å². The van der Waals surface area contributed by atoms with Crippen molar-refractivity contribution in [3.05, 3.63) is 35.5 Å². The molecule has 1 aliphatic rings. The van der Waals surface area contributed by atoms with Gasteiger partial charge in [-0.05, 0) is 18.2 Å². The van der Waals surface area contributed by atoms with Gasteiger partial charge in [-0.3, -0.25) is 0 Å². The van der Waals surface area contributed by atoms with Gasteiger partial charge < -0.3 is 19.9 Å². The van der Waals surface area contributed by atoms with Gasteiger partial charge in [-0.1, -0.05) is 31.5 Å². The van der Waals surface area contributed by atoms with Crippen LogP contribution in [0.5, 0.6) is 0 Å². The lowest BCUT2D eigenvalue weighted by atomic mass is 10.1. The average Bonchev–Trinajstić information content (AvgIpc) is 2.55. The number of hydrogen-bond acceptors (Lipinski definition) is 5. The largest absolute Gasteiger partial charge is 0.545 e. The normalized spacial score (nSPS) is 19.8. The molecular formula is C18H25ClN2O4S. The Morgan fingerprint density at radius 1 is 1.38 bits per heavy atom. The topological polar surface area (TPSA) is 94.8 Å². The van der Waals surface area contributed by atoms with Gasteiger partial charge in [-0.25, -0.2) is 9.78 Å². The van der Waals surface area contributed by atoms with Gasteiger partial charge in [-0.2, -0.15) is 0 Å². The quantitative estimate of drug-likeness (QED) is 0.544. The van der Waals surface area contributed by atoms with Crippen molar-refractivity contribution >= 4 is 35.3 Å². The molecule has 0 bridgehead atoms. The highest BCUT2D eigenvalue weighted by Crippen LogP contribution is 2.27. The van der Waals surface area contributed by atoms with Crippen molar-refractivity contribution in [2.24, 2.45) is 5.92 Å². The number of piperidine rings is 1. The first kappa shape index (κ1) is 22.5. The van der Waals surface area contributed by atoms with Crippen LogP contribution in [0.25, 0.3) is 0 Å². The summed E-state index contributed by atoms with van der Waals surface area (Å²) in [6.45, 7) is 8.53. The molecule has 0 amide bonds. The van der Waals surface area contributed by atoms with Crippen molar-refractivity contribution < 1.29 is 24.7 Å². The number of hydrogen-bond donors (Lipinski definition) is 2. The van der Waals surface area contributed by atoms with Gasteiger partial charge in [0.1, 0.15) is 5.15 Å².